The van der Waals surface area contributed by atoms with Crippen molar-refractivity contribution in [3.8, 4) is 0 Å². The number of halogens is 2. The number of amides is 2. The molecule has 2 rings (SSSR count). The molecule has 6 nitrogen and oxygen atoms in total. The zero-order chi connectivity index (χ0) is 19.6. The SMILES string of the molecule is O=C(COC(=O)CSCc1cccs1)NCC(=O)Nc1ccc(F)c(F)c1. The molecule has 144 valence electrons. The average molecular weight is 414 g/mol. The van der Waals surface area contributed by atoms with Crippen LogP contribution in [0.1, 0.15) is 4.88 Å². The lowest BCUT2D eigenvalue weighted by Gasteiger charge is -2.08. The third-order valence-corrected chi connectivity index (χ3v) is 5.07. The number of thiophene rings is 1. The molecule has 0 aliphatic rings. The van der Waals surface area contributed by atoms with Crippen LogP contribution in [-0.4, -0.2) is 36.7 Å². The van der Waals surface area contributed by atoms with E-state index >= 15 is 0 Å². The Morgan fingerprint density at radius 2 is 1.93 bits per heavy atom. The van der Waals surface area contributed by atoms with Crippen molar-refractivity contribution in [3.05, 3.63) is 52.2 Å². The summed E-state index contributed by atoms with van der Waals surface area (Å²) in [5.74, 6) is -3.14. The molecule has 1 heterocycles. The predicted molar refractivity (Wildman–Crippen MR) is 99.4 cm³/mol. The quantitative estimate of drug-likeness (QED) is 0.616. The van der Waals surface area contributed by atoms with E-state index in [0.717, 1.165) is 17.0 Å². The van der Waals surface area contributed by atoms with Crippen LogP contribution in [-0.2, 0) is 24.9 Å². The molecule has 0 atom stereocenters. The number of rotatable bonds is 9. The standard InChI is InChI=1S/C17H16F2N2O4S2/c18-13-4-3-11(6-14(13)19)21-15(22)7-20-16(23)8-25-17(24)10-26-9-12-2-1-5-27-12/h1-6H,7-10H2,(H,20,23)(H,21,22). The van der Waals surface area contributed by atoms with Gasteiger partial charge in [0.1, 0.15) is 0 Å². The van der Waals surface area contributed by atoms with Gasteiger partial charge in [-0.05, 0) is 23.6 Å². The fourth-order valence-corrected chi connectivity index (χ4v) is 3.49. The maximum atomic E-state index is 13.0. The average Bonchev–Trinajstić information content (AvgIpc) is 3.15. The smallest absolute Gasteiger partial charge is 0.316 e. The molecule has 0 saturated heterocycles. The minimum Gasteiger partial charge on any atom is -0.455 e. The third kappa shape index (κ3) is 7.75. The molecule has 2 aromatic rings. The Morgan fingerprint density at radius 1 is 1.11 bits per heavy atom. The monoisotopic (exact) mass is 414 g/mol. The van der Waals surface area contributed by atoms with E-state index in [1.807, 2.05) is 17.5 Å². The summed E-state index contributed by atoms with van der Waals surface area (Å²) in [4.78, 5) is 35.9. The molecular weight excluding hydrogens is 398 g/mol. The topological polar surface area (TPSA) is 84.5 Å². The largest absolute Gasteiger partial charge is 0.455 e. The second-order valence-corrected chi connectivity index (χ2v) is 7.20. The van der Waals surface area contributed by atoms with Crippen LogP contribution in [0.5, 0.6) is 0 Å². The molecule has 0 unspecified atom stereocenters. The van der Waals surface area contributed by atoms with Gasteiger partial charge in [-0.2, -0.15) is 0 Å². The zero-order valence-electron chi connectivity index (χ0n) is 14.0. The number of carbonyl (C=O) groups excluding carboxylic acids is 3. The van der Waals surface area contributed by atoms with Gasteiger partial charge >= 0.3 is 5.97 Å². The fourth-order valence-electron chi connectivity index (χ4n) is 1.83. The first-order valence-electron chi connectivity index (χ1n) is 7.71. The van der Waals surface area contributed by atoms with Gasteiger partial charge in [0, 0.05) is 22.4 Å². The van der Waals surface area contributed by atoms with E-state index in [9.17, 15) is 23.2 Å². The summed E-state index contributed by atoms with van der Waals surface area (Å²) < 4.78 is 30.7. The zero-order valence-corrected chi connectivity index (χ0v) is 15.6. The van der Waals surface area contributed by atoms with Gasteiger partial charge in [-0.15, -0.1) is 23.1 Å². The number of nitrogens with one attached hydrogen (secondary N) is 2. The van der Waals surface area contributed by atoms with E-state index in [-0.39, 0.29) is 11.4 Å². The Bertz CT molecular complexity index is 800. The predicted octanol–water partition coefficient (Wildman–Crippen LogP) is 2.56. The molecule has 0 bridgehead atoms. The van der Waals surface area contributed by atoms with Crippen molar-refractivity contribution in [2.24, 2.45) is 0 Å². The molecule has 2 amide bonds. The van der Waals surface area contributed by atoms with Gasteiger partial charge in [0.25, 0.3) is 5.91 Å². The van der Waals surface area contributed by atoms with Crippen molar-refractivity contribution in [1.29, 1.82) is 0 Å². The number of benzene rings is 1. The summed E-state index contributed by atoms with van der Waals surface area (Å²) in [5, 5.41) is 6.51. The number of hydrogen-bond donors (Lipinski definition) is 2. The first-order valence-corrected chi connectivity index (χ1v) is 9.75. The van der Waals surface area contributed by atoms with Crippen LogP contribution < -0.4 is 10.6 Å². The van der Waals surface area contributed by atoms with Gasteiger partial charge in [-0.3, -0.25) is 14.4 Å². The van der Waals surface area contributed by atoms with Gasteiger partial charge in [0.15, 0.2) is 18.2 Å². The van der Waals surface area contributed by atoms with Crippen LogP contribution in [0, 0.1) is 11.6 Å². The lowest BCUT2D eigenvalue weighted by molar-refractivity contribution is -0.146. The number of anilines is 1. The number of esters is 1. The molecule has 27 heavy (non-hydrogen) atoms. The molecule has 0 saturated carbocycles. The van der Waals surface area contributed by atoms with Crippen LogP contribution in [0.4, 0.5) is 14.5 Å². The Kier molecular flexibility index (Phi) is 8.21. The van der Waals surface area contributed by atoms with Gasteiger partial charge < -0.3 is 15.4 Å². The summed E-state index contributed by atoms with van der Waals surface area (Å²) in [5.41, 5.74) is 0.0577. The highest BCUT2D eigenvalue weighted by molar-refractivity contribution is 7.99. The maximum absolute atomic E-state index is 13.0. The molecule has 10 heteroatoms. The van der Waals surface area contributed by atoms with E-state index in [4.69, 9.17) is 4.74 Å². The highest BCUT2D eigenvalue weighted by Gasteiger charge is 2.11. The highest BCUT2D eigenvalue weighted by atomic mass is 32.2. The third-order valence-electron chi connectivity index (χ3n) is 3.06. The first-order chi connectivity index (χ1) is 12.9. The Morgan fingerprint density at radius 3 is 2.63 bits per heavy atom. The number of thioether (sulfide) groups is 1. The van der Waals surface area contributed by atoms with E-state index in [2.05, 4.69) is 10.6 Å². The normalized spacial score (nSPS) is 10.3. The van der Waals surface area contributed by atoms with Crippen LogP contribution >= 0.6 is 23.1 Å². The molecule has 1 aromatic carbocycles. The van der Waals surface area contributed by atoms with Gasteiger partial charge in [0.2, 0.25) is 5.91 Å². The Labute approximate surface area is 162 Å². The molecule has 2 N–H and O–H groups in total. The summed E-state index contributed by atoms with van der Waals surface area (Å²) >= 11 is 2.96. The molecule has 0 radical (unpaired) electrons. The van der Waals surface area contributed by atoms with Crippen LogP contribution in [0.25, 0.3) is 0 Å². The molecular formula is C17H16F2N2O4S2. The fraction of sp³-hybridized carbons (Fsp3) is 0.235. The van der Waals surface area contributed by atoms with Gasteiger partial charge in [-0.1, -0.05) is 6.07 Å². The number of carbonyl (C=O) groups is 3. The Balaban J connectivity index is 1.59. The van der Waals surface area contributed by atoms with E-state index in [0.29, 0.717) is 5.75 Å². The second kappa shape index (κ2) is 10.6. The van der Waals surface area contributed by atoms with Crippen molar-refractivity contribution >= 4 is 46.6 Å². The summed E-state index contributed by atoms with van der Waals surface area (Å²) in [6, 6.07) is 6.77. The van der Waals surface area contributed by atoms with Gasteiger partial charge in [-0.25, -0.2) is 8.78 Å². The van der Waals surface area contributed by atoms with Crippen molar-refractivity contribution < 1.29 is 27.9 Å². The number of ether oxygens (including phenoxy) is 1. The maximum Gasteiger partial charge on any atom is 0.316 e. The number of hydrogen-bond acceptors (Lipinski definition) is 6. The summed E-state index contributed by atoms with van der Waals surface area (Å²) in [7, 11) is 0. The van der Waals surface area contributed by atoms with Gasteiger partial charge in [0.05, 0.1) is 12.3 Å². The lowest BCUT2D eigenvalue weighted by Crippen LogP contribution is -2.35. The minimum atomic E-state index is -1.10. The van der Waals surface area contributed by atoms with Crippen molar-refractivity contribution in [3.63, 3.8) is 0 Å². The molecule has 0 fully saturated rings. The molecule has 1 aromatic heterocycles. The second-order valence-electron chi connectivity index (χ2n) is 5.19. The molecule has 0 aliphatic heterocycles. The highest BCUT2D eigenvalue weighted by Crippen LogP contribution is 2.17. The Hall–Kier alpha value is -2.46. The molecule has 0 aliphatic carbocycles. The molecule has 0 spiro atoms. The lowest BCUT2D eigenvalue weighted by atomic mass is 10.3. The van der Waals surface area contributed by atoms with Crippen molar-refractivity contribution in [2.75, 3.05) is 24.2 Å². The summed E-state index contributed by atoms with van der Waals surface area (Å²) in [6.45, 7) is -0.903. The first kappa shape index (κ1) is 20.8. The van der Waals surface area contributed by atoms with Crippen LogP contribution in [0.2, 0.25) is 0 Å². The van der Waals surface area contributed by atoms with Crippen LogP contribution in [0.15, 0.2) is 35.7 Å². The van der Waals surface area contributed by atoms with Crippen molar-refractivity contribution in [1.82, 2.24) is 5.32 Å². The van der Waals surface area contributed by atoms with E-state index in [1.54, 1.807) is 11.3 Å². The van der Waals surface area contributed by atoms with E-state index < -0.39 is 42.6 Å². The van der Waals surface area contributed by atoms with E-state index in [1.165, 1.54) is 17.8 Å². The summed E-state index contributed by atoms with van der Waals surface area (Å²) in [6.07, 6.45) is 0. The van der Waals surface area contributed by atoms with Crippen LogP contribution in [0.3, 0.4) is 0 Å². The minimum absolute atomic E-state index is 0.0577. The van der Waals surface area contributed by atoms with Crippen molar-refractivity contribution in [2.45, 2.75) is 5.75 Å².